The predicted molar refractivity (Wildman–Crippen MR) is 159 cm³/mol. The summed E-state index contributed by atoms with van der Waals surface area (Å²) in [6, 6.07) is 22.4. The van der Waals surface area contributed by atoms with E-state index in [0.717, 1.165) is 0 Å². The number of benzene rings is 2. The molecule has 0 aliphatic carbocycles. The number of hydrogen-bond acceptors (Lipinski definition) is 0. The van der Waals surface area contributed by atoms with Crippen molar-refractivity contribution in [2.75, 3.05) is 0 Å². The molecule has 2 radical (unpaired) electrons. The van der Waals surface area contributed by atoms with E-state index in [-0.39, 0.29) is 39.7 Å². The van der Waals surface area contributed by atoms with Gasteiger partial charge in [-0.1, -0.05) is 76.6 Å². The van der Waals surface area contributed by atoms with E-state index in [0.29, 0.717) is 0 Å². The van der Waals surface area contributed by atoms with Crippen LogP contribution in [0.1, 0.15) is 61.8 Å². The Kier molecular flexibility index (Phi) is 22.9. The Morgan fingerprint density at radius 1 is 0.676 bits per heavy atom. The molecule has 4 heteroatoms. The Bertz CT molecular complexity index is 965. The van der Waals surface area contributed by atoms with E-state index in [1.165, 1.54) is 106 Å². The summed E-state index contributed by atoms with van der Waals surface area (Å²) in [6.07, 6.45) is 7.58. The SMILES string of the molecule is CCCCc1cccc2[cH-]c(C)cc12.CCCCc1cccc2[cH-]c(C)cc12.Cl.Cl.[CH3-].[CH3-].[Si]=[Zr]. The van der Waals surface area contributed by atoms with Crippen LogP contribution in [-0.2, 0) is 36.2 Å². The van der Waals surface area contributed by atoms with Crippen LogP contribution in [0.4, 0.5) is 0 Å². The molecule has 34 heavy (non-hydrogen) atoms. The predicted octanol–water partition coefficient (Wildman–Crippen LogP) is 9.78. The quantitative estimate of drug-likeness (QED) is 0.154. The van der Waals surface area contributed by atoms with E-state index < -0.39 is 0 Å². The summed E-state index contributed by atoms with van der Waals surface area (Å²) in [5, 5.41) is 5.71. The fourth-order valence-corrected chi connectivity index (χ4v) is 4.07. The zero-order valence-corrected chi connectivity index (χ0v) is 26.9. The van der Waals surface area contributed by atoms with Crippen molar-refractivity contribution in [1.29, 1.82) is 0 Å². The van der Waals surface area contributed by atoms with Crippen LogP contribution < -0.4 is 0 Å². The number of aryl methyl sites for hydroxylation is 4. The molecule has 4 aromatic carbocycles. The number of rotatable bonds is 6. The van der Waals surface area contributed by atoms with Crippen LogP contribution >= 0.6 is 24.8 Å². The molecule has 0 heterocycles. The molecule has 0 N–H and O–H groups in total. The molecular formula is C30H42Cl2SiZr-4. The van der Waals surface area contributed by atoms with Crippen LogP contribution in [0.15, 0.2) is 60.7 Å². The summed E-state index contributed by atoms with van der Waals surface area (Å²) in [6.45, 7) is 11.9. The summed E-state index contributed by atoms with van der Waals surface area (Å²) < 4.78 is 0. The van der Waals surface area contributed by atoms with Crippen molar-refractivity contribution in [2.24, 2.45) is 0 Å². The van der Waals surface area contributed by atoms with E-state index in [2.05, 4.69) is 95.2 Å². The first-order valence-corrected chi connectivity index (χ1v) is 15.4. The molecule has 0 aliphatic rings. The first-order chi connectivity index (χ1) is 14.6. The van der Waals surface area contributed by atoms with Gasteiger partial charge in [0.1, 0.15) is 0 Å². The Balaban J connectivity index is -0.000000475. The van der Waals surface area contributed by atoms with Crippen LogP contribution in [0.5, 0.6) is 0 Å². The van der Waals surface area contributed by atoms with E-state index >= 15 is 0 Å². The van der Waals surface area contributed by atoms with Crippen molar-refractivity contribution < 1.29 is 23.3 Å². The molecule has 0 aliphatic heterocycles. The Hall–Kier alpha value is -0.660. The molecule has 0 fully saturated rings. The summed E-state index contributed by atoms with van der Waals surface area (Å²) in [4.78, 5) is 0. The third-order valence-electron chi connectivity index (χ3n) is 5.57. The molecule has 188 valence electrons. The molecule has 4 aromatic rings. The van der Waals surface area contributed by atoms with Crippen molar-refractivity contribution in [3.63, 3.8) is 0 Å². The maximum atomic E-state index is 3.06. The summed E-state index contributed by atoms with van der Waals surface area (Å²) in [5.74, 6) is 0. The molecule has 0 amide bonds. The number of halogens is 2. The number of unbranched alkanes of at least 4 members (excludes halogenated alkanes) is 2. The average Bonchev–Trinajstić information content (AvgIpc) is 3.33. The normalized spacial score (nSPS) is 9.15. The van der Waals surface area contributed by atoms with E-state index in [1.54, 1.807) is 0 Å². The Morgan fingerprint density at radius 3 is 1.35 bits per heavy atom. The van der Waals surface area contributed by atoms with Gasteiger partial charge in [0.25, 0.3) is 0 Å². The summed E-state index contributed by atoms with van der Waals surface area (Å²) >= 11 is 1.36. The van der Waals surface area contributed by atoms with Gasteiger partial charge >= 0.3 is 30.2 Å². The van der Waals surface area contributed by atoms with E-state index in [1.807, 2.05) is 0 Å². The third kappa shape index (κ3) is 10.9. The van der Waals surface area contributed by atoms with Crippen molar-refractivity contribution in [1.82, 2.24) is 0 Å². The number of fused-ring (bicyclic) bond motifs is 2. The topological polar surface area (TPSA) is 0 Å². The van der Waals surface area contributed by atoms with Crippen LogP contribution in [0, 0.1) is 28.7 Å². The van der Waals surface area contributed by atoms with Crippen LogP contribution in [0.3, 0.4) is 0 Å². The van der Waals surface area contributed by atoms with E-state index in [4.69, 9.17) is 0 Å². The Morgan fingerprint density at radius 2 is 1.03 bits per heavy atom. The second-order valence-corrected chi connectivity index (χ2v) is 8.11. The fraction of sp³-hybridized carbons (Fsp3) is 0.333. The van der Waals surface area contributed by atoms with Gasteiger partial charge < -0.3 is 14.9 Å². The zero-order valence-electron chi connectivity index (χ0n) is 21.8. The molecule has 4 rings (SSSR count). The van der Waals surface area contributed by atoms with Crippen molar-refractivity contribution >= 4 is 53.2 Å². The number of hydrogen-bond donors (Lipinski definition) is 0. The molecule has 0 aromatic heterocycles. The molecule has 0 unspecified atom stereocenters. The minimum absolute atomic E-state index is 0. The summed E-state index contributed by atoms with van der Waals surface area (Å²) in [5.41, 5.74) is 5.78. The van der Waals surface area contributed by atoms with Gasteiger partial charge in [-0.25, -0.2) is 0 Å². The van der Waals surface area contributed by atoms with Crippen LogP contribution in [-0.4, -0.2) is 6.88 Å². The van der Waals surface area contributed by atoms with Crippen LogP contribution in [0.25, 0.3) is 21.5 Å². The molecule has 0 nitrogen and oxygen atoms in total. The second-order valence-electron chi connectivity index (χ2n) is 8.11. The maximum absolute atomic E-state index is 3.06. The average molecular weight is 593 g/mol. The standard InChI is InChI=1S/2C14H17.2CH3.2ClH.Si.Zr/c2*1-3-4-6-12-7-5-8-13-9-11(2)10-14(12)13;;;;;;/h2*5,7-10H,3-4,6H2,1-2H3;2*1H3;2*1H;;/q4*-1;;;;. The van der Waals surface area contributed by atoms with Gasteiger partial charge in [-0.3, -0.25) is 0 Å². The first-order valence-electron chi connectivity index (χ1n) is 11.2. The van der Waals surface area contributed by atoms with Gasteiger partial charge in [0.2, 0.25) is 0 Å². The van der Waals surface area contributed by atoms with Gasteiger partial charge in [0.05, 0.1) is 0 Å². The van der Waals surface area contributed by atoms with Gasteiger partial charge in [-0.2, -0.15) is 12.1 Å². The molecule has 0 saturated carbocycles. The Labute approximate surface area is 239 Å². The fourth-order valence-electron chi connectivity index (χ4n) is 4.07. The molecular weight excluding hydrogens is 551 g/mol. The van der Waals surface area contributed by atoms with Gasteiger partial charge in [-0.05, 0) is 12.8 Å². The molecule has 0 spiro atoms. The van der Waals surface area contributed by atoms with Crippen molar-refractivity contribution in [3.05, 3.63) is 97.8 Å². The minimum atomic E-state index is 0. The van der Waals surface area contributed by atoms with Gasteiger partial charge in [-0.15, -0.1) is 93.9 Å². The summed E-state index contributed by atoms with van der Waals surface area (Å²) in [7, 11) is 0. The van der Waals surface area contributed by atoms with Gasteiger partial charge in [0.15, 0.2) is 0 Å². The van der Waals surface area contributed by atoms with Crippen molar-refractivity contribution in [2.45, 2.75) is 66.2 Å². The molecule has 0 bridgehead atoms. The zero-order chi connectivity index (χ0) is 21.9. The van der Waals surface area contributed by atoms with Crippen LogP contribution in [0.2, 0.25) is 0 Å². The second kappa shape index (κ2) is 20.5. The molecule has 0 saturated heterocycles. The third-order valence-corrected chi connectivity index (χ3v) is 5.57. The molecule has 0 atom stereocenters. The van der Waals surface area contributed by atoms with Gasteiger partial charge in [0, 0.05) is 0 Å². The first kappa shape index (κ1) is 37.9. The van der Waals surface area contributed by atoms with Crippen molar-refractivity contribution in [3.8, 4) is 0 Å². The monoisotopic (exact) mass is 590 g/mol. The van der Waals surface area contributed by atoms with E-state index in [9.17, 15) is 0 Å².